The van der Waals surface area contributed by atoms with E-state index in [0.717, 1.165) is 42.3 Å². The normalized spacial score (nSPS) is 18.8. The maximum atomic E-state index is 13.0. The van der Waals surface area contributed by atoms with Gasteiger partial charge in [0.25, 0.3) is 5.91 Å². The van der Waals surface area contributed by atoms with Gasteiger partial charge in [0.2, 0.25) is 5.95 Å². The Morgan fingerprint density at radius 1 is 1.05 bits per heavy atom. The van der Waals surface area contributed by atoms with E-state index in [1.807, 2.05) is 60.4 Å². The average molecular weight is 516 g/mol. The standard InChI is InChI=1S/C26H26ClN9O/c1-15-29-23(34-33-15)20-5-3-4-6-22(20)31-24-21(27)12-28-26(32-24)30-17-9-7-16(8-10-17)25(37)36-14-18-11-19(36)13-35(18)2/h3-10,12,18-19H,11,13-14H2,1-2H3,(H,29,33,34)(H2,28,30,31,32). The molecule has 2 unspecified atom stereocenters. The predicted octanol–water partition coefficient (Wildman–Crippen LogP) is 4.24. The van der Waals surface area contributed by atoms with Gasteiger partial charge in [-0.2, -0.15) is 10.1 Å². The molecular formula is C26H26ClN9O. The molecular weight excluding hydrogens is 490 g/mol. The number of carbonyl (C=O) groups is 1. The first-order valence-electron chi connectivity index (χ1n) is 12.1. The van der Waals surface area contributed by atoms with Crippen molar-refractivity contribution >= 4 is 40.6 Å². The van der Waals surface area contributed by atoms with Crippen LogP contribution in [0.25, 0.3) is 11.4 Å². The lowest BCUT2D eigenvalue weighted by atomic mass is 10.1. The number of hydrogen-bond donors (Lipinski definition) is 3. The lowest BCUT2D eigenvalue weighted by molar-refractivity contribution is 0.0650. The van der Waals surface area contributed by atoms with Crippen LogP contribution in [-0.2, 0) is 0 Å². The third-order valence-electron chi connectivity index (χ3n) is 6.93. The summed E-state index contributed by atoms with van der Waals surface area (Å²) < 4.78 is 0. The molecule has 2 aliphatic heterocycles. The Morgan fingerprint density at radius 2 is 1.86 bits per heavy atom. The summed E-state index contributed by atoms with van der Waals surface area (Å²) in [6.45, 7) is 3.60. The van der Waals surface area contributed by atoms with Crippen LogP contribution >= 0.6 is 11.6 Å². The Morgan fingerprint density at radius 3 is 2.57 bits per heavy atom. The zero-order chi connectivity index (χ0) is 25.5. The predicted molar refractivity (Wildman–Crippen MR) is 142 cm³/mol. The van der Waals surface area contributed by atoms with Crippen molar-refractivity contribution < 1.29 is 4.79 Å². The van der Waals surface area contributed by atoms with Crippen molar-refractivity contribution in [2.24, 2.45) is 0 Å². The third-order valence-corrected chi connectivity index (χ3v) is 7.20. The first-order valence-corrected chi connectivity index (χ1v) is 12.5. The van der Waals surface area contributed by atoms with Gasteiger partial charge in [-0.05, 0) is 56.8 Å². The number of H-pyrrole nitrogens is 1. The van der Waals surface area contributed by atoms with E-state index in [1.165, 1.54) is 6.20 Å². The van der Waals surface area contributed by atoms with Crippen molar-refractivity contribution in [1.82, 2.24) is 34.9 Å². The van der Waals surface area contributed by atoms with Crippen LogP contribution in [0.15, 0.2) is 54.7 Å². The summed E-state index contributed by atoms with van der Waals surface area (Å²) in [6, 6.07) is 15.8. The highest BCUT2D eigenvalue weighted by molar-refractivity contribution is 6.33. The van der Waals surface area contributed by atoms with Gasteiger partial charge in [0.15, 0.2) is 11.6 Å². The SMILES string of the molecule is Cc1nc(-c2ccccc2Nc2nc(Nc3ccc(C(=O)N4CC5CC4CN5C)cc3)ncc2Cl)n[nH]1. The van der Waals surface area contributed by atoms with Gasteiger partial charge in [0.1, 0.15) is 10.8 Å². The van der Waals surface area contributed by atoms with E-state index in [1.54, 1.807) is 0 Å². The number of aromatic amines is 1. The molecule has 3 N–H and O–H groups in total. The van der Waals surface area contributed by atoms with Gasteiger partial charge in [-0.25, -0.2) is 9.97 Å². The van der Waals surface area contributed by atoms with Crippen molar-refractivity contribution in [1.29, 1.82) is 0 Å². The number of para-hydroxylation sites is 1. The Labute approximate surface area is 219 Å². The maximum absolute atomic E-state index is 13.0. The van der Waals surface area contributed by atoms with Crippen molar-refractivity contribution in [3.8, 4) is 11.4 Å². The molecule has 2 saturated heterocycles. The number of carbonyl (C=O) groups excluding carboxylic acids is 1. The van der Waals surface area contributed by atoms with Crippen LogP contribution < -0.4 is 10.6 Å². The number of piperazine rings is 1. The number of amides is 1. The van der Waals surface area contributed by atoms with E-state index in [2.05, 4.69) is 47.7 Å². The van der Waals surface area contributed by atoms with E-state index in [0.29, 0.717) is 40.3 Å². The molecule has 2 aromatic heterocycles. The first-order chi connectivity index (χ1) is 17.9. The Balaban J connectivity index is 1.17. The van der Waals surface area contributed by atoms with Gasteiger partial charge in [0.05, 0.1) is 11.9 Å². The zero-order valence-electron chi connectivity index (χ0n) is 20.4. The molecule has 6 rings (SSSR count). The molecule has 1 amide bonds. The summed E-state index contributed by atoms with van der Waals surface area (Å²) in [5.74, 6) is 2.20. The van der Waals surface area contributed by atoms with E-state index < -0.39 is 0 Å². The molecule has 0 spiro atoms. The number of benzene rings is 2. The fraction of sp³-hybridized carbons (Fsp3) is 0.269. The molecule has 37 heavy (non-hydrogen) atoms. The number of halogens is 1. The fourth-order valence-electron chi connectivity index (χ4n) is 5.00. The number of likely N-dealkylation sites (N-methyl/N-ethyl adjacent to an activating group) is 1. The van der Waals surface area contributed by atoms with E-state index in [-0.39, 0.29) is 5.91 Å². The van der Waals surface area contributed by atoms with Gasteiger partial charge in [-0.15, -0.1) is 0 Å². The molecule has 2 bridgehead atoms. The average Bonchev–Trinajstić information content (AvgIpc) is 3.62. The molecule has 188 valence electrons. The number of nitrogens with one attached hydrogen (secondary N) is 3. The minimum absolute atomic E-state index is 0.0849. The summed E-state index contributed by atoms with van der Waals surface area (Å²) in [5, 5.41) is 14.0. The lowest BCUT2D eigenvalue weighted by Crippen LogP contribution is -2.47. The van der Waals surface area contributed by atoms with Gasteiger partial charge in [-0.3, -0.25) is 14.8 Å². The molecule has 2 aromatic carbocycles. The van der Waals surface area contributed by atoms with Crippen LogP contribution in [0, 0.1) is 6.92 Å². The minimum Gasteiger partial charge on any atom is -0.338 e. The highest BCUT2D eigenvalue weighted by Gasteiger charge is 2.43. The monoisotopic (exact) mass is 515 g/mol. The number of hydrogen-bond acceptors (Lipinski definition) is 8. The van der Waals surface area contributed by atoms with Crippen LogP contribution in [0.2, 0.25) is 5.02 Å². The summed E-state index contributed by atoms with van der Waals surface area (Å²) in [7, 11) is 2.13. The molecule has 0 radical (unpaired) electrons. The van der Waals surface area contributed by atoms with Gasteiger partial charge in [-0.1, -0.05) is 23.7 Å². The summed E-state index contributed by atoms with van der Waals surface area (Å²) >= 11 is 6.41. The summed E-state index contributed by atoms with van der Waals surface area (Å²) in [4.78, 5) is 30.7. The molecule has 11 heteroatoms. The largest absolute Gasteiger partial charge is 0.338 e. The molecule has 4 aromatic rings. The second-order valence-electron chi connectivity index (χ2n) is 9.45. The van der Waals surface area contributed by atoms with Crippen molar-refractivity contribution in [3.63, 3.8) is 0 Å². The highest BCUT2D eigenvalue weighted by atomic mass is 35.5. The second kappa shape index (κ2) is 9.45. The van der Waals surface area contributed by atoms with Crippen LogP contribution in [-0.4, -0.2) is 73.1 Å². The van der Waals surface area contributed by atoms with Crippen LogP contribution in [0.3, 0.4) is 0 Å². The van der Waals surface area contributed by atoms with E-state index in [4.69, 9.17) is 11.6 Å². The molecule has 0 aliphatic carbocycles. The van der Waals surface area contributed by atoms with E-state index >= 15 is 0 Å². The fourth-order valence-corrected chi connectivity index (χ4v) is 5.14. The Hall–Kier alpha value is -4.02. The van der Waals surface area contributed by atoms with Crippen LogP contribution in [0.4, 0.5) is 23.1 Å². The number of nitrogens with zero attached hydrogens (tertiary/aromatic N) is 6. The first kappa shape index (κ1) is 23.4. The van der Waals surface area contributed by atoms with Crippen LogP contribution in [0.5, 0.6) is 0 Å². The number of aromatic nitrogens is 5. The van der Waals surface area contributed by atoms with Crippen molar-refractivity contribution in [2.45, 2.75) is 25.4 Å². The number of likely N-dealkylation sites (tertiary alicyclic amines) is 2. The topological polar surface area (TPSA) is 115 Å². The highest BCUT2D eigenvalue weighted by Crippen LogP contribution is 2.32. The lowest BCUT2D eigenvalue weighted by Gasteiger charge is -2.32. The number of rotatable bonds is 6. The summed E-state index contributed by atoms with van der Waals surface area (Å²) in [5.41, 5.74) is 3.02. The second-order valence-corrected chi connectivity index (χ2v) is 9.86. The van der Waals surface area contributed by atoms with Gasteiger partial charge < -0.3 is 15.5 Å². The number of aryl methyl sites for hydroxylation is 1. The Bertz CT molecular complexity index is 1450. The van der Waals surface area contributed by atoms with Crippen molar-refractivity contribution in [2.75, 3.05) is 30.8 Å². The number of anilines is 4. The molecule has 2 fully saturated rings. The quantitative estimate of drug-likeness (QED) is 0.349. The zero-order valence-corrected chi connectivity index (χ0v) is 21.2. The van der Waals surface area contributed by atoms with Gasteiger partial charge >= 0.3 is 0 Å². The van der Waals surface area contributed by atoms with Crippen molar-refractivity contribution in [3.05, 3.63) is 71.1 Å². The smallest absolute Gasteiger partial charge is 0.254 e. The number of fused-ring (bicyclic) bond motifs is 2. The molecule has 2 atom stereocenters. The van der Waals surface area contributed by atoms with E-state index in [9.17, 15) is 4.79 Å². The van der Waals surface area contributed by atoms with Gasteiger partial charge in [0, 0.05) is 42.0 Å². The maximum Gasteiger partial charge on any atom is 0.254 e. The Kier molecular flexibility index (Phi) is 5.97. The van der Waals surface area contributed by atoms with Crippen LogP contribution in [0.1, 0.15) is 22.6 Å². The molecule has 0 saturated carbocycles. The molecule has 4 heterocycles. The molecule has 2 aliphatic rings. The molecule has 10 nitrogen and oxygen atoms in total. The summed E-state index contributed by atoms with van der Waals surface area (Å²) in [6.07, 6.45) is 2.60. The third kappa shape index (κ3) is 4.61. The minimum atomic E-state index is 0.0849.